The fourth-order valence-corrected chi connectivity index (χ4v) is 1.87. The molecule has 0 unspecified atom stereocenters. The normalized spacial score (nSPS) is 11.3. The smallest absolute Gasteiger partial charge is 0.288 e. The summed E-state index contributed by atoms with van der Waals surface area (Å²) in [6.07, 6.45) is 1.22. The quantitative estimate of drug-likeness (QED) is 0.644. The molecule has 0 aliphatic carbocycles. The van der Waals surface area contributed by atoms with Crippen molar-refractivity contribution in [1.82, 2.24) is 4.98 Å². The van der Waals surface area contributed by atoms with Crippen LogP contribution in [0.2, 0.25) is 0 Å². The van der Waals surface area contributed by atoms with Crippen LogP contribution >= 0.6 is 15.9 Å². The van der Waals surface area contributed by atoms with Crippen LogP contribution in [0.3, 0.4) is 0 Å². The minimum Gasteiger partial charge on any atom is -0.374 e. The summed E-state index contributed by atoms with van der Waals surface area (Å²) in [5.41, 5.74) is -0.367. The van der Waals surface area contributed by atoms with Crippen LogP contribution in [0.5, 0.6) is 0 Å². The highest BCUT2D eigenvalue weighted by Crippen LogP contribution is 2.25. The van der Waals surface area contributed by atoms with Crippen molar-refractivity contribution < 1.29 is 9.66 Å². The van der Waals surface area contributed by atoms with E-state index >= 15 is 0 Å². The average Bonchev–Trinajstić information content (AvgIpc) is 2.27. The fraction of sp³-hybridized carbons (Fsp3) is 0.545. The lowest BCUT2D eigenvalue weighted by Gasteiger charge is -2.25. The number of nitrogens with zero attached hydrogens (tertiary/aromatic N) is 2. The SMILES string of the molecule is CCOC(C)(C)CNc1ncc([N+](=O)[O-])cc1Br. The van der Waals surface area contributed by atoms with E-state index in [0.717, 1.165) is 0 Å². The number of nitrogens with one attached hydrogen (secondary N) is 1. The maximum atomic E-state index is 10.6. The molecule has 7 heteroatoms. The second-order valence-electron chi connectivity index (χ2n) is 4.33. The maximum Gasteiger partial charge on any atom is 0.288 e. The Morgan fingerprint density at radius 2 is 2.28 bits per heavy atom. The van der Waals surface area contributed by atoms with Crippen LogP contribution < -0.4 is 5.32 Å². The summed E-state index contributed by atoms with van der Waals surface area (Å²) < 4.78 is 6.10. The predicted octanol–water partition coefficient (Wildman–Crippen LogP) is 2.98. The molecule has 100 valence electrons. The molecule has 0 fully saturated rings. The topological polar surface area (TPSA) is 77.3 Å². The van der Waals surface area contributed by atoms with Gasteiger partial charge in [-0.1, -0.05) is 0 Å². The molecule has 0 aliphatic heterocycles. The van der Waals surface area contributed by atoms with E-state index in [1.165, 1.54) is 12.3 Å². The van der Waals surface area contributed by atoms with Crippen LogP contribution in [0.4, 0.5) is 11.5 Å². The van der Waals surface area contributed by atoms with E-state index in [-0.39, 0.29) is 11.3 Å². The Morgan fingerprint density at radius 1 is 1.61 bits per heavy atom. The molecule has 0 bridgehead atoms. The summed E-state index contributed by atoms with van der Waals surface area (Å²) in [5.74, 6) is 0.563. The monoisotopic (exact) mass is 317 g/mol. The van der Waals surface area contributed by atoms with E-state index in [1.54, 1.807) is 0 Å². The lowest BCUT2D eigenvalue weighted by molar-refractivity contribution is -0.385. The first kappa shape index (κ1) is 14.8. The summed E-state index contributed by atoms with van der Waals surface area (Å²) >= 11 is 3.25. The van der Waals surface area contributed by atoms with Gasteiger partial charge in [0, 0.05) is 19.2 Å². The first-order valence-corrected chi connectivity index (χ1v) is 6.33. The van der Waals surface area contributed by atoms with Crippen LogP contribution in [-0.2, 0) is 4.74 Å². The third-order valence-corrected chi connectivity index (χ3v) is 2.86. The van der Waals surface area contributed by atoms with Crippen LogP contribution in [0.25, 0.3) is 0 Å². The molecular formula is C11H16BrN3O3. The molecule has 0 aromatic carbocycles. The van der Waals surface area contributed by atoms with Crippen LogP contribution in [0, 0.1) is 10.1 Å². The van der Waals surface area contributed by atoms with Gasteiger partial charge in [-0.2, -0.15) is 0 Å². The maximum absolute atomic E-state index is 10.6. The number of pyridine rings is 1. The molecule has 0 spiro atoms. The molecule has 0 amide bonds. The Hall–Kier alpha value is -1.21. The number of hydrogen-bond donors (Lipinski definition) is 1. The lowest BCUT2D eigenvalue weighted by atomic mass is 10.1. The zero-order valence-corrected chi connectivity index (χ0v) is 12.2. The molecule has 0 saturated heterocycles. The molecule has 1 aromatic heterocycles. The average molecular weight is 318 g/mol. The lowest BCUT2D eigenvalue weighted by Crippen LogP contribution is -2.33. The number of hydrogen-bond acceptors (Lipinski definition) is 5. The second-order valence-corrected chi connectivity index (χ2v) is 5.18. The van der Waals surface area contributed by atoms with E-state index in [0.29, 0.717) is 23.4 Å². The molecule has 18 heavy (non-hydrogen) atoms. The Kier molecular flexibility index (Phi) is 5.03. The number of anilines is 1. The van der Waals surface area contributed by atoms with Crippen molar-refractivity contribution in [1.29, 1.82) is 0 Å². The minimum atomic E-state index is -0.480. The van der Waals surface area contributed by atoms with E-state index in [9.17, 15) is 10.1 Å². The van der Waals surface area contributed by atoms with Crippen molar-refractivity contribution in [2.24, 2.45) is 0 Å². The van der Waals surface area contributed by atoms with E-state index < -0.39 is 4.92 Å². The van der Waals surface area contributed by atoms with Crippen molar-refractivity contribution in [3.63, 3.8) is 0 Å². The summed E-state index contributed by atoms with van der Waals surface area (Å²) in [7, 11) is 0. The Labute approximate surface area is 114 Å². The molecule has 0 radical (unpaired) electrons. The summed E-state index contributed by atoms with van der Waals surface area (Å²) in [6.45, 7) is 7.04. The van der Waals surface area contributed by atoms with Gasteiger partial charge in [-0.05, 0) is 36.7 Å². The first-order valence-electron chi connectivity index (χ1n) is 5.53. The van der Waals surface area contributed by atoms with Gasteiger partial charge >= 0.3 is 0 Å². The fourth-order valence-electron chi connectivity index (χ4n) is 1.40. The Balaban J connectivity index is 2.71. The molecular weight excluding hydrogens is 302 g/mol. The van der Waals surface area contributed by atoms with Crippen molar-refractivity contribution in [3.05, 3.63) is 26.9 Å². The zero-order chi connectivity index (χ0) is 13.8. The number of halogens is 1. The molecule has 6 nitrogen and oxygen atoms in total. The predicted molar refractivity (Wildman–Crippen MR) is 72.8 cm³/mol. The van der Waals surface area contributed by atoms with Gasteiger partial charge in [-0.3, -0.25) is 10.1 Å². The summed E-state index contributed by atoms with van der Waals surface area (Å²) in [4.78, 5) is 14.1. The van der Waals surface area contributed by atoms with Gasteiger partial charge in [0.25, 0.3) is 5.69 Å². The first-order chi connectivity index (χ1) is 8.35. The summed E-state index contributed by atoms with van der Waals surface area (Å²) in [5, 5.41) is 13.7. The standard InChI is InChI=1S/C11H16BrN3O3/c1-4-18-11(2,3)7-14-10-9(12)5-8(6-13-10)15(16)17/h5-6H,4,7H2,1-3H3,(H,13,14). The highest BCUT2D eigenvalue weighted by Gasteiger charge is 2.18. The number of ether oxygens (including phenoxy) is 1. The molecule has 1 heterocycles. The number of aromatic nitrogens is 1. The van der Waals surface area contributed by atoms with Gasteiger partial charge in [0.05, 0.1) is 15.0 Å². The van der Waals surface area contributed by atoms with Gasteiger partial charge in [-0.15, -0.1) is 0 Å². The van der Waals surface area contributed by atoms with Crippen molar-refractivity contribution in [3.8, 4) is 0 Å². The van der Waals surface area contributed by atoms with Crippen molar-refractivity contribution in [2.45, 2.75) is 26.4 Å². The van der Waals surface area contributed by atoms with Crippen molar-refractivity contribution in [2.75, 3.05) is 18.5 Å². The molecule has 1 aromatic rings. The summed E-state index contributed by atoms with van der Waals surface area (Å²) in [6, 6.07) is 1.42. The Bertz CT molecular complexity index is 438. The third kappa shape index (κ3) is 4.23. The zero-order valence-electron chi connectivity index (χ0n) is 10.6. The van der Waals surface area contributed by atoms with Gasteiger partial charge in [0.1, 0.15) is 12.0 Å². The van der Waals surface area contributed by atoms with Crippen LogP contribution in [-0.4, -0.2) is 28.7 Å². The highest BCUT2D eigenvalue weighted by atomic mass is 79.9. The van der Waals surface area contributed by atoms with Crippen LogP contribution in [0.15, 0.2) is 16.7 Å². The molecule has 0 atom stereocenters. The van der Waals surface area contributed by atoms with Gasteiger partial charge < -0.3 is 10.1 Å². The molecule has 1 rings (SSSR count). The van der Waals surface area contributed by atoms with E-state index in [4.69, 9.17) is 4.74 Å². The largest absolute Gasteiger partial charge is 0.374 e. The van der Waals surface area contributed by atoms with Gasteiger partial charge in [0.15, 0.2) is 0 Å². The Morgan fingerprint density at radius 3 is 2.78 bits per heavy atom. The second kappa shape index (κ2) is 6.10. The molecule has 0 saturated carbocycles. The van der Waals surface area contributed by atoms with Crippen LogP contribution in [0.1, 0.15) is 20.8 Å². The molecule has 1 N–H and O–H groups in total. The third-order valence-electron chi connectivity index (χ3n) is 2.25. The van der Waals surface area contributed by atoms with Gasteiger partial charge in [0.2, 0.25) is 0 Å². The number of nitro groups is 1. The van der Waals surface area contributed by atoms with E-state index in [1.807, 2.05) is 20.8 Å². The van der Waals surface area contributed by atoms with Crippen molar-refractivity contribution >= 4 is 27.4 Å². The number of rotatable bonds is 6. The highest BCUT2D eigenvalue weighted by molar-refractivity contribution is 9.10. The van der Waals surface area contributed by atoms with E-state index in [2.05, 4.69) is 26.2 Å². The molecule has 0 aliphatic rings. The van der Waals surface area contributed by atoms with Gasteiger partial charge in [-0.25, -0.2) is 4.98 Å². The minimum absolute atomic E-state index is 0.0449.